The fraction of sp³-hybridized carbons (Fsp3) is 0.231. The van der Waals surface area contributed by atoms with Crippen molar-refractivity contribution in [3.05, 3.63) is 40.9 Å². The molecular weight excluding hydrogens is 264 g/mol. The van der Waals surface area contributed by atoms with Crippen LogP contribution in [-0.2, 0) is 9.53 Å². The van der Waals surface area contributed by atoms with E-state index in [9.17, 15) is 4.79 Å². The van der Waals surface area contributed by atoms with Gasteiger partial charge in [-0.1, -0.05) is 18.2 Å². The third-order valence-electron chi connectivity index (χ3n) is 2.04. The van der Waals surface area contributed by atoms with E-state index >= 15 is 0 Å². The molecule has 0 amide bonds. The van der Waals surface area contributed by atoms with Crippen LogP contribution in [0.4, 0.5) is 0 Å². The average Bonchev–Trinajstić information content (AvgIpc) is 2.43. The fourth-order valence-corrected chi connectivity index (χ4v) is 1.65. The van der Waals surface area contributed by atoms with Crippen molar-refractivity contribution in [2.75, 3.05) is 13.2 Å². The summed E-state index contributed by atoms with van der Waals surface area (Å²) in [6.45, 7) is 1.93. The van der Waals surface area contributed by atoms with Crippen molar-refractivity contribution < 1.29 is 14.3 Å². The van der Waals surface area contributed by atoms with Crippen LogP contribution in [0.3, 0.4) is 0 Å². The number of esters is 1. The summed E-state index contributed by atoms with van der Waals surface area (Å²) in [4.78, 5) is 11.7. The van der Waals surface area contributed by atoms with E-state index in [1.807, 2.05) is 23.6 Å². The van der Waals surface area contributed by atoms with E-state index in [0.717, 1.165) is 0 Å². The highest BCUT2D eigenvalue weighted by Crippen LogP contribution is 2.19. The van der Waals surface area contributed by atoms with E-state index in [1.165, 1.54) is 0 Å². The molecule has 0 aliphatic heterocycles. The van der Waals surface area contributed by atoms with Gasteiger partial charge in [0.25, 0.3) is 0 Å². The lowest BCUT2D eigenvalue weighted by molar-refractivity contribution is -0.137. The van der Waals surface area contributed by atoms with Crippen LogP contribution in [0.15, 0.2) is 40.9 Å². The molecule has 0 bridgehead atoms. The molecular formula is C13H14N2O3S. The number of rotatable bonds is 6. The zero-order chi connectivity index (χ0) is 14.1. The number of carbonyl (C=O) groups excluding carboxylic acids is 1. The highest BCUT2D eigenvalue weighted by Gasteiger charge is 2.16. The fourth-order valence-electron chi connectivity index (χ4n) is 1.22. The maximum atomic E-state index is 11.6. The van der Waals surface area contributed by atoms with E-state index in [1.54, 1.807) is 19.1 Å². The molecule has 0 aliphatic carbocycles. The molecule has 6 heteroatoms. The van der Waals surface area contributed by atoms with Gasteiger partial charge >= 0.3 is 5.97 Å². The van der Waals surface area contributed by atoms with E-state index in [4.69, 9.17) is 20.5 Å². The van der Waals surface area contributed by atoms with Gasteiger partial charge in [0.1, 0.15) is 22.7 Å². The number of hydrogen-bond donors (Lipinski definition) is 1. The molecule has 1 aromatic carbocycles. The lowest BCUT2D eigenvalue weighted by Gasteiger charge is -2.09. The van der Waals surface area contributed by atoms with Crippen molar-refractivity contribution in [1.82, 2.24) is 0 Å². The number of nitriles is 1. The van der Waals surface area contributed by atoms with Crippen LogP contribution in [0.5, 0.6) is 5.75 Å². The second-order valence-electron chi connectivity index (χ2n) is 3.37. The minimum atomic E-state index is -0.608. The predicted octanol–water partition coefficient (Wildman–Crippen LogP) is 2.01. The molecule has 0 aromatic heterocycles. The van der Waals surface area contributed by atoms with Crippen LogP contribution in [0.25, 0.3) is 0 Å². The smallest absolute Gasteiger partial charge is 0.347 e. The molecule has 0 heterocycles. The number of nitrogens with zero attached hydrogens (tertiary/aromatic N) is 1. The summed E-state index contributed by atoms with van der Waals surface area (Å²) in [7, 11) is 0. The Bertz CT molecular complexity index is 494. The highest BCUT2D eigenvalue weighted by atomic mass is 32.2. The molecule has 5 nitrogen and oxygen atoms in total. The van der Waals surface area contributed by atoms with Crippen LogP contribution in [0, 0.1) is 10.7 Å². The van der Waals surface area contributed by atoms with E-state index in [2.05, 4.69) is 0 Å². The number of thiocyanates is 1. The predicted molar refractivity (Wildman–Crippen MR) is 73.0 cm³/mol. The number of thioether (sulfide) groups is 1. The summed E-state index contributed by atoms with van der Waals surface area (Å²) >= 11 is 0.673. The van der Waals surface area contributed by atoms with Crippen LogP contribution < -0.4 is 10.5 Å². The summed E-state index contributed by atoms with van der Waals surface area (Å²) in [5.41, 5.74) is 5.94. The first kappa shape index (κ1) is 14.9. The topological polar surface area (TPSA) is 85.3 Å². The van der Waals surface area contributed by atoms with E-state index < -0.39 is 5.97 Å². The minimum Gasteiger partial charge on any atom is -0.487 e. The summed E-state index contributed by atoms with van der Waals surface area (Å²) in [6, 6.07) is 9.06. The molecule has 0 aliphatic rings. The number of carbonyl (C=O) groups is 1. The van der Waals surface area contributed by atoms with Crippen molar-refractivity contribution in [1.29, 1.82) is 5.26 Å². The molecule has 1 aromatic rings. The number of hydrogen-bond acceptors (Lipinski definition) is 6. The Morgan fingerprint density at radius 2 is 2.11 bits per heavy atom. The monoisotopic (exact) mass is 278 g/mol. The van der Waals surface area contributed by atoms with Crippen molar-refractivity contribution in [2.24, 2.45) is 5.73 Å². The summed E-state index contributed by atoms with van der Waals surface area (Å²) in [5, 5.41) is 10.5. The Labute approximate surface area is 116 Å². The Morgan fingerprint density at radius 3 is 2.68 bits per heavy atom. The maximum Gasteiger partial charge on any atom is 0.347 e. The Balaban J connectivity index is 2.74. The van der Waals surface area contributed by atoms with Gasteiger partial charge in [0.15, 0.2) is 0 Å². The third kappa shape index (κ3) is 4.94. The molecule has 0 unspecified atom stereocenters. The molecule has 19 heavy (non-hydrogen) atoms. The zero-order valence-corrected chi connectivity index (χ0v) is 11.3. The minimum absolute atomic E-state index is 0.0207. The first-order valence-corrected chi connectivity index (χ1v) is 6.40. The van der Waals surface area contributed by atoms with Crippen LogP contribution in [-0.4, -0.2) is 19.2 Å². The molecule has 0 saturated carbocycles. The quantitative estimate of drug-likeness (QED) is 0.486. The molecule has 0 radical (unpaired) electrons. The molecule has 0 saturated heterocycles. The molecule has 1 rings (SSSR count). The van der Waals surface area contributed by atoms with Crippen molar-refractivity contribution in [2.45, 2.75) is 6.92 Å². The normalized spacial score (nSPS) is 11.2. The van der Waals surface area contributed by atoms with Gasteiger partial charge in [0, 0.05) is 0 Å². The Morgan fingerprint density at radius 1 is 1.42 bits per heavy atom. The first-order chi connectivity index (χ1) is 9.19. The molecule has 0 atom stereocenters. The maximum absolute atomic E-state index is 11.6. The zero-order valence-electron chi connectivity index (χ0n) is 10.5. The summed E-state index contributed by atoms with van der Waals surface area (Å²) in [5.74, 6) is 0.0267. The van der Waals surface area contributed by atoms with E-state index in [0.29, 0.717) is 17.5 Å². The Kier molecular flexibility index (Phi) is 6.33. The lowest BCUT2D eigenvalue weighted by atomic mass is 10.3. The highest BCUT2D eigenvalue weighted by molar-refractivity contribution is 8.08. The number of nitrogens with two attached hydrogens (primary N) is 1. The summed E-state index contributed by atoms with van der Waals surface area (Å²) in [6.07, 6.45) is 0. The van der Waals surface area contributed by atoms with Crippen LogP contribution in [0.1, 0.15) is 6.92 Å². The van der Waals surface area contributed by atoms with Crippen molar-refractivity contribution in [3.63, 3.8) is 0 Å². The van der Waals surface area contributed by atoms with Gasteiger partial charge in [-0.05, 0) is 30.8 Å². The lowest BCUT2D eigenvalue weighted by Crippen LogP contribution is -2.17. The molecule has 100 valence electrons. The van der Waals surface area contributed by atoms with Gasteiger partial charge in [0.2, 0.25) is 0 Å². The molecule has 2 N–H and O–H groups in total. The van der Waals surface area contributed by atoms with Gasteiger partial charge in [-0.15, -0.1) is 0 Å². The van der Waals surface area contributed by atoms with Gasteiger partial charge < -0.3 is 15.2 Å². The van der Waals surface area contributed by atoms with Gasteiger partial charge in [-0.3, -0.25) is 0 Å². The first-order valence-electron chi connectivity index (χ1n) is 5.58. The van der Waals surface area contributed by atoms with Crippen LogP contribution in [0.2, 0.25) is 0 Å². The number of para-hydroxylation sites is 1. The second kappa shape index (κ2) is 8.06. The van der Waals surface area contributed by atoms with Crippen molar-refractivity contribution in [3.8, 4) is 11.2 Å². The average molecular weight is 278 g/mol. The van der Waals surface area contributed by atoms with Gasteiger partial charge in [-0.2, -0.15) is 5.26 Å². The summed E-state index contributed by atoms with van der Waals surface area (Å²) < 4.78 is 10.2. The van der Waals surface area contributed by atoms with Gasteiger partial charge in [0.05, 0.1) is 12.3 Å². The SMILES string of the molecule is CCOC(=O)C(SC#N)=C(N)COc1ccccc1. The standard InChI is InChI=1S/C13H14N2O3S/c1-2-17-13(16)12(19-9-14)11(15)8-18-10-6-4-3-5-7-10/h3-7H,2,8,15H2,1H3. The van der Waals surface area contributed by atoms with Gasteiger partial charge in [-0.25, -0.2) is 4.79 Å². The number of ether oxygens (including phenoxy) is 2. The van der Waals surface area contributed by atoms with Crippen molar-refractivity contribution >= 4 is 17.7 Å². The Hall–Kier alpha value is -2.13. The molecule has 0 spiro atoms. The second-order valence-corrected chi connectivity index (χ2v) is 4.16. The van der Waals surface area contributed by atoms with E-state index in [-0.39, 0.29) is 23.8 Å². The third-order valence-corrected chi connectivity index (χ3v) is 2.76. The number of benzene rings is 1. The molecule has 0 fully saturated rings. The van der Waals surface area contributed by atoms with Crippen LogP contribution >= 0.6 is 11.8 Å². The largest absolute Gasteiger partial charge is 0.487 e.